The summed E-state index contributed by atoms with van der Waals surface area (Å²) in [5.41, 5.74) is 4.39. The van der Waals surface area contributed by atoms with Gasteiger partial charge in [0.15, 0.2) is 5.82 Å². The normalized spacial score (nSPS) is 10.5. The molecule has 0 radical (unpaired) electrons. The molecular weight excluding hydrogens is 364 g/mol. The maximum Gasteiger partial charge on any atom is 0.244 e. The lowest BCUT2D eigenvalue weighted by molar-refractivity contribution is 0.410. The third-order valence-electron chi connectivity index (χ3n) is 4.79. The van der Waals surface area contributed by atoms with Crippen LogP contribution in [0.25, 0.3) is 0 Å². The van der Waals surface area contributed by atoms with Gasteiger partial charge in [0, 0.05) is 36.6 Å². The summed E-state index contributed by atoms with van der Waals surface area (Å²) in [6.07, 6.45) is 1.62. The van der Waals surface area contributed by atoms with Gasteiger partial charge in [-0.1, -0.05) is 18.2 Å². The van der Waals surface area contributed by atoms with Gasteiger partial charge in [0.25, 0.3) is 0 Å². The second-order valence-electron chi connectivity index (χ2n) is 6.63. The fraction of sp³-hybridized carbons (Fsp3) is 0.318. The molecule has 7 heteroatoms. The highest BCUT2D eigenvalue weighted by Gasteiger charge is 2.08. The van der Waals surface area contributed by atoms with E-state index in [0.29, 0.717) is 18.3 Å². The van der Waals surface area contributed by atoms with Crippen LogP contribution in [0.3, 0.4) is 0 Å². The number of para-hydroxylation sites is 1. The summed E-state index contributed by atoms with van der Waals surface area (Å²) < 4.78 is 5.38. The third-order valence-corrected chi connectivity index (χ3v) is 4.79. The highest BCUT2D eigenvalue weighted by Crippen LogP contribution is 2.25. The molecule has 0 atom stereocenters. The van der Waals surface area contributed by atoms with Crippen LogP contribution in [0.2, 0.25) is 0 Å². The highest BCUT2D eigenvalue weighted by molar-refractivity contribution is 5.65. The molecule has 0 aliphatic carbocycles. The highest BCUT2D eigenvalue weighted by atomic mass is 16.5. The molecule has 3 aromatic rings. The Kier molecular flexibility index (Phi) is 6.84. The van der Waals surface area contributed by atoms with E-state index in [9.17, 15) is 0 Å². The van der Waals surface area contributed by atoms with Crippen molar-refractivity contribution < 1.29 is 4.74 Å². The predicted octanol–water partition coefficient (Wildman–Crippen LogP) is 4.39. The number of hydrogen-bond acceptors (Lipinski definition) is 7. The van der Waals surface area contributed by atoms with Gasteiger partial charge in [-0.25, -0.2) is 0 Å². The van der Waals surface area contributed by atoms with E-state index in [4.69, 9.17) is 4.74 Å². The van der Waals surface area contributed by atoms with Crippen molar-refractivity contribution in [1.82, 2.24) is 15.2 Å². The summed E-state index contributed by atoms with van der Waals surface area (Å²) in [6.45, 7) is 8.94. The maximum absolute atomic E-state index is 5.38. The van der Waals surface area contributed by atoms with Crippen LogP contribution in [0.5, 0.6) is 5.75 Å². The SMILES string of the molecule is CCN(CC)c1ccc(Nc2cnnc(NCc3ccccc3OC)n2)c(C)c1. The van der Waals surface area contributed by atoms with Gasteiger partial charge < -0.3 is 20.3 Å². The van der Waals surface area contributed by atoms with Crippen LogP contribution in [0.1, 0.15) is 25.0 Å². The molecule has 0 aliphatic heterocycles. The Morgan fingerprint density at radius 1 is 1.07 bits per heavy atom. The van der Waals surface area contributed by atoms with Crippen LogP contribution in [-0.4, -0.2) is 35.4 Å². The molecule has 0 saturated carbocycles. The Bertz CT molecular complexity index is 942. The number of benzene rings is 2. The zero-order chi connectivity index (χ0) is 20.6. The molecule has 7 nitrogen and oxygen atoms in total. The number of hydrogen-bond donors (Lipinski definition) is 2. The summed E-state index contributed by atoms with van der Waals surface area (Å²) in [7, 11) is 1.66. The van der Waals surface area contributed by atoms with Gasteiger partial charge in [-0.3, -0.25) is 0 Å². The average molecular weight is 393 g/mol. The Balaban J connectivity index is 1.70. The molecule has 0 amide bonds. The monoisotopic (exact) mass is 392 g/mol. The second kappa shape index (κ2) is 9.73. The van der Waals surface area contributed by atoms with Crippen molar-refractivity contribution in [3.05, 3.63) is 59.8 Å². The lowest BCUT2D eigenvalue weighted by atomic mass is 10.1. The number of aryl methyl sites for hydroxylation is 1. The van der Waals surface area contributed by atoms with Crippen LogP contribution < -0.4 is 20.3 Å². The summed E-state index contributed by atoms with van der Waals surface area (Å²) in [6, 6.07) is 14.2. The number of ether oxygens (including phenoxy) is 1. The number of nitrogens with zero attached hydrogens (tertiary/aromatic N) is 4. The fourth-order valence-electron chi connectivity index (χ4n) is 3.17. The minimum Gasteiger partial charge on any atom is -0.496 e. The predicted molar refractivity (Wildman–Crippen MR) is 118 cm³/mol. The van der Waals surface area contributed by atoms with Gasteiger partial charge >= 0.3 is 0 Å². The van der Waals surface area contributed by atoms with Crippen LogP contribution in [-0.2, 0) is 6.54 Å². The Morgan fingerprint density at radius 2 is 1.86 bits per heavy atom. The third kappa shape index (κ3) is 5.13. The molecule has 29 heavy (non-hydrogen) atoms. The van der Waals surface area contributed by atoms with Crippen molar-refractivity contribution in [3.63, 3.8) is 0 Å². The molecule has 1 aromatic heterocycles. The topological polar surface area (TPSA) is 75.2 Å². The molecule has 2 N–H and O–H groups in total. The number of anilines is 4. The summed E-state index contributed by atoms with van der Waals surface area (Å²) in [4.78, 5) is 6.84. The lowest BCUT2D eigenvalue weighted by Crippen LogP contribution is -2.21. The smallest absolute Gasteiger partial charge is 0.244 e. The van der Waals surface area contributed by atoms with E-state index < -0.39 is 0 Å². The summed E-state index contributed by atoms with van der Waals surface area (Å²) in [5, 5.41) is 14.7. The van der Waals surface area contributed by atoms with Crippen molar-refractivity contribution >= 4 is 23.1 Å². The van der Waals surface area contributed by atoms with E-state index in [1.165, 1.54) is 5.69 Å². The molecule has 152 valence electrons. The molecule has 0 unspecified atom stereocenters. The maximum atomic E-state index is 5.38. The van der Waals surface area contributed by atoms with Crippen LogP contribution in [0.15, 0.2) is 48.7 Å². The molecule has 1 heterocycles. The quantitative estimate of drug-likeness (QED) is 0.559. The molecule has 0 aliphatic rings. The first-order valence-corrected chi connectivity index (χ1v) is 9.82. The minimum atomic E-state index is 0.457. The van der Waals surface area contributed by atoms with Gasteiger partial charge in [-0.15, -0.1) is 5.10 Å². The standard InChI is InChI=1S/C22H28N6O/c1-5-28(6-2)18-11-12-19(16(3)13-18)25-21-15-24-27-22(26-21)23-14-17-9-7-8-10-20(17)29-4/h7-13,15H,5-6,14H2,1-4H3,(H2,23,25,26,27). The van der Waals surface area contributed by atoms with E-state index in [2.05, 4.69) is 69.7 Å². The first-order valence-electron chi connectivity index (χ1n) is 9.82. The van der Waals surface area contributed by atoms with Crippen molar-refractivity contribution in [1.29, 1.82) is 0 Å². The molecule has 0 bridgehead atoms. The Hall–Kier alpha value is -3.35. The van der Waals surface area contributed by atoms with Gasteiger partial charge in [0.2, 0.25) is 5.95 Å². The van der Waals surface area contributed by atoms with E-state index in [-0.39, 0.29) is 0 Å². The zero-order valence-electron chi connectivity index (χ0n) is 17.4. The van der Waals surface area contributed by atoms with E-state index in [1.54, 1.807) is 13.3 Å². The average Bonchev–Trinajstić information content (AvgIpc) is 2.75. The molecule has 0 fully saturated rings. The summed E-state index contributed by atoms with van der Waals surface area (Å²) >= 11 is 0. The van der Waals surface area contributed by atoms with Crippen molar-refractivity contribution in [2.75, 3.05) is 35.7 Å². The first-order chi connectivity index (χ1) is 14.1. The first kappa shape index (κ1) is 20.4. The lowest BCUT2D eigenvalue weighted by Gasteiger charge is -2.22. The largest absolute Gasteiger partial charge is 0.496 e. The fourth-order valence-corrected chi connectivity index (χ4v) is 3.17. The molecule has 3 rings (SSSR count). The van der Waals surface area contributed by atoms with Crippen molar-refractivity contribution in [2.45, 2.75) is 27.3 Å². The minimum absolute atomic E-state index is 0.457. The number of aromatic nitrogens is 3. The molecule has 0 saturated heterocycles. The summed E-state index contributed by atoms with van der Waals surface area (Å²) in [5.74, 6) is 1.92. The van der Waals surface area contributed by atoms with E-state index in [0.717, 1.165) is 35.7 Å². The number of rotatable bonds is 9. The van der Waals surface area contributed by atoms with Crippen LogP contribution in [0, 0.1) is 6.92 Å². The van der Waals surface area contributed by atoms with Gasteiger partial charge in [0.05, 0.1) is 13.3 Å². The van der Waals surface area contributed by atoms with Crippen LogP contribution in [0.4, 0.5) is 23.1 Å². The molecule has 2 aromatic carbocycles. The van der Waals surface area contributed by atoms with Gasteiger partial charge in [-0.05, 0) is 50.6 Å². The van der Waals surface area contributed by atoms with Crippen molar-refractivity contribution in [2.24, 2.45) is 0 Å². The Morgan fingerprint density at radius 3 is 2.59 bits per heavy atom. The van der Waals surface area contributed by atoms with Gasteiger partial charge in [-0.2, -0.15) is 10.1 Å². The zero-order valence-corrected chi connectivity index (χ0v) is 17.4. The van der Waals surface area contributed by atoms with Gasteiger partial charge in [0.1, 0.15) is 5.75 Å². The van der Waals surface area contributed by atoms with Crippen molar-refractivity contribution in [3.8, 4) is 5.75 Å². The van der Waals surface area contributed by atoms with E-state index >= 15 is 0 Å². The second-order valence-corrected chi connectivity index (χ2v) is 6.63. The molecular formula is C22H28N6O. The van der Waals surface area contributed by atoms with E-state index in [1.807, 2.05) is 24.3 Å². The Labute approximate surface area is 172 Å². The number of methoxy groups -OCH3 is 1. The molecule has 0 spiro atoms. The number of nitrogens with one attached hydrogen (secondary N) is 2. The van der Waals surface area contributed by atoms with Crippen LogP contribution >= 0.6 is 0 Å².